The van der Waals surface area contributed by atoms with Gasteiger partial charge in [0, 0.05) is 5.56 Å². The average molecular weight is 195 g/mol. The van der Waals surface area contributed by atoms with Crippen LogP contribution in [0.1, 0.15) is 15.9 Å². The fourth-order valence-corrected chi connectivity index (χ4v) is 1.74. The van der Waals surface area contributed by atoms with Crippen LogP contribution >= 0.6 is 0 Å². The number of rotatable bonds is 2. The lowest BCUT2D eigenvalue weighted by atomic mass is 9.98. The fourth-order valence-electron chi connectivity index (χ4n) is 1.74. The van der Waals surface area contributed by atoms with E-state index in [0.717, 1.165) is 22.6 Å². The number of benzene rings is 2. The summed E-state index contributed by atoms with van der Waals surface area (Å²) >= 11 is 0. The monoisotopic (exact) mass is 195 g/mol. The van der Waals surface area contributed by atoms with Crippen molar-refractivity contribution in [2.75, 3.05) is 0 Å². The highest BCUT2D eigenvalue weighted by Gasteiger charge is 2.05. The quantitative estimate of drug-likeness (QED) is 0.691. The van der Waals surface area contributed by atoms with Crippen molar-refractivity contribution in [3.8, 4) is 6.07 Å². The van der Waals surface area contributed by atoms with Crippen molar-refractivity contribution in [2.24, 2.45) is 0 Å². The molecule has 0 unspecified atom stereocenters. The average Bonchev–Trinajstić information content (AvgIpc) is 2.30. The first-order valence-corrected chi connectivity index (χ1v) is 4.69. The number of hydrogen-bond acceptors (Lipinski definition) is 2. The normalized spacial score (nSPS) is 9.80. The molecule has 0 aliphatic rings. The lowest BCUT2D eigenvalue weighted by Crippen LogP contribution is -1.93. The molecule has 2 aromatic rings. The lowest BCUT2D eigenvalue weighted by Gasteiger charge is -2.05. The van der Waals surface area contributed by atoms with E-state index in [2.05, 4.69) is 6.07 Å². The van der Waals surface area contributed by atoms with Crippen molar-refractivity contribution in [2.45, 2.75) is 6.42 Å². The molecule has 0 aromatic heterocycles. The third kappa shape index (κ3) is 1.60. The molecule has 2 aromatic carbocycles. The second-order valence-electron chi connectivity index (χ2n) is 3.31. The van der Waals surface area contributed by atoms with Gasteiger partial charge in [-0.1, -0.05) is 36.4 Å². The van der Waals surface area contributed by atoms with Crippen molar-refractivity contribution in [1.82, 2.24) is 0 Å². The number of nitriles is 1. The number of fused-ring (bicyclic) bond motifs is 1. The molecule has 0 saturated carbocycles. The van der Waals surface area contributed by atoms with E-state index in [1.165, 1.54) is 0 Å². The summed E-state index contributed by atoms with van der Waals surface area (Å²) in [5.74, 6) is 0. The molecule has 0 radical (unpaired) electrons. The van der Waals surface area contributed by atoms with Gasteiger partial charge in [0.15, 0.2) is 0 Å². The van der Waals surface area contributed by atoms with Crippen molar-refractivity contribution in [1.29, 1.82) is 5.26 Å². The Morgan fingerprint density at radius 3 is 2.73 bits per heavy atom. The Morgan fingerprint density at radius 1 is 1.20 bits per heavy atom. The highest BCUT2D eigenvalue weighted by molar-refractivity contribution is 5.93. The molecule has 0 aliphatic heterocycles. The summed E-state index contributed by atoms with van der Waals surface area (Å²) in [6.45, 7) is 0. The van der Waals surface area contributed by atoms with Crippen LogP contribution in [0.25, 0.3) is 10.8 Å². The first-order chi connectivity index (χ1) is 7.36. The largest absolute Gasteiger partial charge is 0.298 e. The van der Waals surface area contributed by atoms with Gasteiger partial charge in [-0.25, -0.2) is 0 Å². The summed E-state index contributed by atoms with van der Waals surface area (Å²) in [6, 6.07) is 13.5. The van der Waals surface area contributed by atoms with Gasteiger partial charge in [0.25, 0.3) is 0 Å². The standard InChI is InChI=1S/C13H9NO/c14-8-7-13-11(9-15)6-5-10-3-1-2-4-12(10)13/h1-6,9H,7H2. The second-order valence-corrected chi connectivity index (χ2v) is 3.31. The zero-order chi connectivity index (χ0) is 10.7. The third-order valence-corrected chi connectivity index (χ3v) is 2.46. The molecule has 0 fully saturated rings. The molecule has 0 aliphatic carbocycles. The van der Waals surface area contributed by atoms with Gasteiger partial charge < -0.3 is 0 Å². The topological polar surface area (TPSA) is 40.9 Å². The Bertz CT molecular complexity index is 552. The summed E-state index contributed by atoms with van der Waals surface area (Å²) in [7, 11) is 0. The molecular formula is C13H9NO. The molecule has 0 atom stereocenters. The summed E-state index contributed by atoms with van der Waals surface area (Å²) in [4.78, 5) is 10.8. The van der Waals surface area contributed by atoms with Crippen LogP contribution < -0.4 is 0 Å². The number of carbonyl (C=O) groups excluding carboxylic acids is 1. The summed E-state index contributed by atoms with van der Waals surface area (Å²) < 4.78 is 0. The molecule has 0 saturated heterocycles. The number of hydrogen-bond donors (Lipinski definition) is 0. The number of aldehydes is 1. The minimum absolute atomic E-state index is 0.273. The van der Waals surface area contributed by atoms with Gasteiger partial charge >= 0.3 is 0 Å². The maximum absolute atomic E-state index is 10.8. The van der Waals surface area contributed by atoms with Crippen molar-refractivity contribution in [3.63, 3.8) is 0 Å². The molecule has 0 heterocycles. The number of carbonyl (C=O) groups is 1. The van der Waals surface area contributed by atoms with E-state index in [-0.39, 0.29) is 6.42 Å². The maximum atomic E-state index is 10.8. The first kappa shape index (κ1) is 9.42. The van der Waals surface area contributed by atoms with Gasteiger partial charge in [0.05, 0.1) is 12.5 Å². The van der Waals surface area contributed by atoms with Crippen LogP contribution in [0.2, 0.25) is 0 Å². The smallest absolute Gasteiger partial charge is 0.150 e. The molecule has 15 heavy (non-hydrogen) atoms. The van der Waals surface area contributed by atoms with Gasteiger partial charge in [-0.15, -0.1) is 0 Å². The van der Waals surface area contributed by atoms with Crippen LogP contribution in [0, 0.1) is 11.3 Å². The van der Waals surface area contributed by atoms with E-state index in [0.29, 0.717) is 5.56 Å². The molecule has 0 amide bonds. The fraction of sp³-hybridized carbons (Fsp3) is 0.0769. The van der Waals surface area contributed by atoms with Crippen LogP contribution in [-0.2, 0) is 6.42 Å². The summed E-state index contributed by atoms with van der Waals surface area (Å²) in [6.07, 6.45) is 1.08. The Kier molecular flexibility index (Phi) is 2.47. The molecule has 0 bridgehead atoms. The van der Waals surface area contributed by atoms with Gasteiger partial charge in [-0.2, -0.15) is 5.26 Å². The molecule has 2 rings (SSSR count). The predicted octanol–water partition coefficient (Wildman–Crippen LogP) is 2.72. The van der Waals surface area contributed by atoms with E-state index >= 15 is 0 Å². The first-order valence-electron chi connectivity index (χ1n) is 4.69. The maximum Gasteiger partial charge on any atom is 0.150 e. The highest BCUT2D eigenvalue weighted by atomic mass is 16.1. The minimum Gasteiger partial charge on any atom is -0.298 e. The Balaban J connectivity index is 2.79. The predicted molar refractivity (Wildman–Crippen MR) is 58.7 cm³/mol. The molecule has 0 spiro atoms. The van der Waals surface area contributed by atoms with Gasteiger partial charge in [0.1, 0.15) is 6.29 Å². The molecule has 2 nitrogen and oxygen atoms in total. The Labute approximate surface area is 87.8 Å². The summed E-state index contributed by atoms with van der Waals surface area (Å²) in [5, 5.41) is 10.8. The van der Waals surface area contributed by atoms with Gasteiger partial charge in [-0.05, 0) is 16.3 Å². The van der Waals surface area contributed by atoms with Crippen LogP contribution in [0.5, 0.6) is 0 Å². The van der Waals surface area contributed by atoms with E-state index < -0.39 is 0 Å². The Morgan fingerprint density at radius 2 is 2.00 bits per heavy atom. The van der Waals surface area contributed by atoms with Crippen LogP contribution in [0.4, 0.5) is 0 Å². The second kappa shape index (κ2) is 3.93. The van der Waals surface area contributed by atoms with Crippen molar-refractivity contribution < 1.29 is 4.79 Å². The van der Waals surface area contributed by atoms with Crippen LogP contribution in [-0.4, -0.2) is 6.29 Å². The zero-order valence-corrected chi connectivity index (χ0v) is 8.10. The molecule has 72 valence electrons. The van der Waals surface area contributed by atoms with Gasteiger partial charge in [0.2, 0.25) is 0 Å². The van der Waals surface area contributed by atoms with E-state index in [1.54, 1.807) is 6.07 Å². The minimum atomic E-state index is 0.273. The summed E-state index contributed by atoms with van der Waals surface area (Å²) in [5.41, 5.74) is 1.43. The van der Waals surface area contributed by atoms with E-state index in [1.807, 2.05) is 30.3 Å². The lowest BCUT2D eigenvalue weighted by molar-refractivity contribution is 0.112. The SMILES string of the molecule is N#CCc1c(C=O)ccc2ccccc12. The van der Waals surface area contributed by atoms with Crippen LogP contribution in [0.3, 0.4) is 0 Å². The molecule has 2 heteroatoms. The number of nitrogens with zero attached hydrogens (tertiary/aromatic N) is 1. The Hall–Kier alpha value is -2.14. The van der Waals surface area contributed by atoms with Crippen molar-refractivity contribution >= 4 is 17.1 Å². The van der Waals surface area contributed by atoms with Crippen LogP contribution in [0.15, 0.2) is 36.4 Å². The van der Waals surface area contributed by atoms with E-state index in [9.17, 15) is 4.79 Å². The van der Waals surface area contributed by atoms with Crippen molar-refractivity contribution in [3.05, 3.63) is 47.5 Å². The highest BCUT2D eigenvalue weighted by Crippen LogP contribution is 2.21. The third-order valence-electron chi connectivity index (χ3n) is 2.46. The van der Waals surface area contributed by atoms with E-state index in [4.69, 9.17) is 5.26 Å². The van der Waals surface area contributed by atoms with Gasteiger partial charge in [-0.3, -0.25) is 4.79 Å². The molecule has 0 N–H and O–H groups in total. The zero-order valence-electron chi connectivity index (χ0n) is 8.10. The molecular weight excluding hydrogens is 186 g/mol.